The van der Waals surface area contributed by atoms with Crippen LogP contribution >= 0.6 is 0 Å². The summed E-state index contributed by atoms with van der Waals surface area (Å²) in [7, 11) is 0. The largest absolute Gasteiger partial charge is 0.462 e. The molecule has 154 valence electrons. The van der Waals surface area contributed by atoms with Gasteiger partial charge in [-0.1, -0.05) is 23.8 Å². The molecule has 0 radical (unpaired) electrons. The van der Waals surface area contributed by atoms with Gasteiger partial charge in [-0.2, -0.15) is 0 Å². The lowest BCUT2D eigenvalue weighted by atomic mass is 9.79. The van der Waals surface area contributed by atoms with E-state index in [0.717, 1.165) is 29.7 Å². The standard InChI is InChI=1S/C24H24N2O4/c1-12-6-7-18(13(2)8-12)26-22(27)14-4-3-5-16(9-14)25-23(28)20-15-10-17-19(11-15)30-24(29)21(17)20/h3-9,15,17,19-21H,10-11H2,1-2H3,(H,25,28)(H,26,27)/t15-,17+,19-,20-,21+/m1/s1. The molecule has 0 unspecified atom stereocenters. The van der Waals surface area contributed by atoms with Gasteiger partial charge in [0.25, 0.3) is 5.91 Å². The Labute approximate surface area is 175 Å². The molecule has 6 heteroatoms. The maximum Gasteiger partial charge on any atom is 0.310 e. The quantitative estimate of drug-likeness (QED) is 0.761. The summed E-state index contributed by atoms with van der Waals surface area (Å²) in [5.41, 5.74) is 3.90. The van der Waals surface area contributed by atoms with Crippen molar-refractivity contribution in [2.75, 3.05) is 10.6 Å². The molecule has 1 aliphatic heterocycles. The first-order valence-corrected chi connectivity index (χ1v) is 10.4. The van der Waals surface area contributed by atoms with Crippen molar-refractivity contribution >= 4 is 29.2 Å². The van der Waals surface area contributed by atoms with Gasteiger partial charge in [0.05, 0.1) is 11.8 Å². The van der Waals surface area contributed by atoms with Crippen molar-refractivity contribution in [1.82, 2.24) is 0 Å². The molecule has 30 heavy (non-hydrogen) atoms. The second-order valence-electron chi connectivity index (χ2n) is 8.76. The summed E-state index contributed by atoms with van der Waals surface area (Å²) < 4.78 is 5.42. The molecule has 1 saturated heterocycles. The number of carbonyl (C=O) groups is 3. The second-order valence-corrected chi connectivity index (χ2v) is 8.76. The summed E-state index contributed by atoms with van der Waals surface area (Å²) in [6.07, 6.45) is 1.68. The summed E-state index contributed by atoms with van der Waals surface area (Å²) in [5, 5.41) is 5.85. The average molecular weight is 404 g/mol. The molecule has 0 aromatic heterocycles. The third-order valence-electron chi connectivity index (χ3n) is 6.81. The van der Waals surface area contributed by atoms with Gasteiger partial charge < -0.3 is 15.4 Å². The van der Waals surface area contributed by atoms with Gasteiger partial charge in [-0.15, -0.1) is 0 Å². The lowest BCUT2D eigenvalue weighted by Crippen LogP contribution is -2.35. The van der Waals surface area contributed by atoms with E-state index in [4.69, 9.17) is 4.74 Å². The van der Waals surface area contributed by atoms with Gasteiger partial charge in [-0.3, -0.25) is 14.4 Å². The van der Waals surface area contributed by atoms with E-state index < -0.39 is 0 Å². The fourth-order valence-corrected chi connectivity index (χ4v) is 5.48. The lowest BCUT2D eigenvalue weighted by molar-refractivity contribution is -0.145. The molecule has 2 aromatic carbocycles. The first kappa shape index (κ1) is 18.9. The Morgan fingerprint density at radius 2 is 1.87 bits per heavy atom. The third kappa shape index (κ3) is 3.07. The number of rotatable bonds is 4. The Morgan fingerprint density at radius 3 is 2.67 bits per heavy atom. The van der Waals surface area contributed by atoms with E-state index in [1.165, 1.54) is 0 Å². The maximum absolute atomic E-state index is 13.0. The predicted octanol–water partition coefficient (Wildman–Crippen LogP) is 3.69. The number of hydrogen-bond acceptors (Lipinski definition) is 4. The summed E-state index contributed by atoms with van der Waals surface area (Å²) in [4.78, 5) is 37.8. The zero-order valence-electron chi connectivity index (χ0n) is 17.0. The molecule has 3 fully saturated rings. The van der Waals surface area contributed by atoms with Crippen molar-refractivity contribution in [3.63, 3.8) is 0 Å². The van der Waals surface area contributed by atoms with Crippen LogP contribution in [0.15, 0.2) is 42.5 Å². The Morgan fingerprint density at radius 1 is 1.03 bits per heavy atom. The molecule has 1 heterocycles. The summed E-state index contributed by atoms with van der Waals surface area (Å²) in [6.45, 7) is 3.96. The highest BCUT2D eigenvalue weighted by Crippen LogP contribution is 2.57. The van der Waals surface area contributed by atoms with Gasteiger partial charge in [0, 0.05) is 22.9 Å². The molecular weight excluding hydrogens is 380 g/mol. The zero-order chi connectivity index (χ0) is 21.0. The van der Waals surface area contributed by atoms with Crippen LogP contribution in [0, 0.1) is 37.5 Å². The number of anilines is 2. The van der Waals surface area contributed by atoms with Crippen LogP contribution in [0.4, 0.5) is 11.4 Å². The minimum Gasteiger partial charge on any atom is -0.462 e. The predicted molar refractivity (Wildman–Crippen MR) is 112 cm³/mol. The molecule has 3 aliphatic rings. The normalized spacial score (nSPS) is 28.3. The van der Waals surface area contributed by atoms with Crippen LogP contribution in [0.1, 0.15) is 34.3 Å². The highest BCUT2D eigenvalue weighted by Gasteiger charge is 2.63. The number of benzene rings is 2. The first-order chi connectivity index (χ1) is 14.4. The smallest absolute Gasteiger partial charge is 0.310 e. The van der Waals surface area contributed by atoms with Crippen molar-refractivity contribution < 1.29 is 19.1 Å². The lowest BCUT2D eigenvalue weighted by Gasteiger charge is -2.23. The fourth-order valence-electron chi connectivity index (χ4n) is 5.48. The summed E-state index contributed by atoms with van der Waals surface area (Å²) in [5.74, 6) is -0.886. The molecule has 2 amide bonds. The van der Waals surface area contributed by atoms with Gasteiger partial charge in [0.1, 0.15) is 6.10 Å². The van der Waals surface area contributed by atoms with E-state index in [9.17, 15) is 14.4 Å². The van der Waals surface area contributed by atoms with E-state index in [1.807, 2.05) is 32.0 Å². The number of ether oxygens (including phenoxy) is 1. The fraction of sp³-hybridized carbons (Fsp3) is 0.375. The number of nitrogens with one attached hydrogen (secondary N) is 2. The number of amides is 2. The van der Waals surface area contributed by atoms with Crippen LogP contribution in [-0.2, 0) is 14.3 Å². The van der Waals surface area contributed by atoms with Crippen LogP contribution in [0.2, 0.25) is 0 Å². The minimum absolute atomic E-state index is 0.00815. The van der Waals surface area contributed by atoms with Crippen molar-refractivity contribution in [2.45, 2.75) is 32.8 Å². The van der Waals surface area contributed by atoms with Gasteiger partial charge in [0.2, 0.25) is 5.91 Å². The Hall–Kier alpha value is -3.15. The van der Waals surface area contributed by atoms with Crippen LogP contribution in [0.3, 0.4) is 0 Å². The van der Waals surface area contributed by atoms with Crippen molar-refractivity contribution in [1.29, 1.82) is 0 Å². The number of esters is 1. The van der Waals surface area contributed by atoms with Crippen LogP contribution in [0.25, 0.3) is 0 Å². The van der Waals surface area contributed by atoms with E-state index >= 15 is 0 Å². The highest BCUT2D eigenvalue weighted by molar-refractivity contribution is 6.06. The Balaban J connectivity index is 1.30. The minimum atomic E-state index is -0.339. The SMILES string of the molecule is Cc1ccc(NC(=O)c2cccc(NC(=O)[C@@H]3[C@@H]4C[C@@H]5[C@@H]3C(=O)O[C@@H]5C4)c2)c(C)c1. The topological polar surface area (TPSA) is 84.5 Å². The molecule has 0 spiro atoms. The number of carbonyl (C=O) groups excluding carboxylic acids is 3. The van der Waals surface area contributed by atoms with E-state index in [2.05, 4.69) is 10.6 Å². The molecular formula is C24H24N2O4. The van der Waals surface area contributed by atoms with E-state index in [-0.39, 0.29) is 47.6 Å². The summed E-state index contributed by atoms with van der Waals surface area (Å²) in [6, 6.07) is 12.7. The highest BCUT2D eigenvalue weighted by atomic mass is 16.6. The zero-order valence-corrected chi connectivity index (χ0v) is 17.0. The first-order valence-electron chi connectivity index (χ1n) is 10.4. The molecule has 2 saturated carbocycles. The average Bonchev–Trinajstić information content (AvgIpc) is 3.33. The van der Waals surface area contributed by atoms with Crippen LogP contribution in [-0.4, -0.2) is 23.9 Å². The van der Waals surface area contributed by atoms with Crippen LogP contribution < -0.4 is 10.6 Å². The van der Waals surface area contributed by atoms with Crippen molar-refractivity contribution in [3.8, 4) is 0 Å². The monoisotopic (exact) mass is 404 g/mol. The van der Waals surface area contributed by atoms with Crippen molar-refractivity contribution in [2.24, 2.45) is 23.7 Å². The summed E-state index contributed by atoms with van der Waals surface area (Å²) >= 11 is 0. The van der Waals surface area contributed by atoms with Crippen LogP contribution in [0.5, 0.6) is 0 Å². The maximum atomic E-state index is 13.0. The van der Waals surface area contributed by atoms with E-state index in [1.54, 1.807) is 24.3 Å². The van der Waals surface area contributed by atoms with Crippen molar-refractivity contribution in [3.05, 3.63) is 59.2 Å². The number of fused-ring (bicyclic) bond motifs is 1. The molecule has 5 atom stereocenters. The number of hydrogen-bond donors (Lipinski definition) is 2. The second kappa shape index (κ2) is 6.97. The number of aryl methyl sites for hydroxylation is 2. The molecule has 2 aliphatic carbocycles. The molecule has 2 bridgehead atoms. The van der Waals surface area contributed by atoms with Gasteiger partial charge in [-0.05, 0) is 62.4 Å². The molecule has 2 aromatic rings. The van der Waals surface area contributed by atoms with Gasteiger partial charge >= 0.3 is 5.97 Å². The third-order valence-corrected chi connectivity index (χ3v) is 6.81. The Bertz CT molecular complexity index is 1060. The molecule has 5 rings (SSSR count). The molecule has 2 N–H and O–H groups in total. The van der Waals surface area contributed by atoms with Gasteiger partial charge in [-0.25, -0.2) is 0 Å². The van der Waals surface area contributed by atoms with Gasteiger partial charge in [0.15, 0.2) is 0 Å². The Kier molecular flexibility index (Phi) is 4.38. The molecule has 6 nitrogen and oxygen atoms in total. The van der Waals surface area contributed by atoms with E-state index in [0.29, 0.717) is 11.3 Å².